The molecule has 0 fully saturated rings. The van der Waals surface area contributed by atoms with E-state index >= 15 is 0 Å². The zero-order valence-electron chi connectivity index (χ0n) is 9.36. The predicted molar refractivity (Wildman–Crippen MR) is 63.9 cm³/mol. The molecule has 1 aliphatic rings. The van der Waals surface area contributed by atoms with Crippen LogP contribution in [0.25, 0.3) is 0 Å². The van der Waals surface area contributed by atoms with Gasteiger partial charge in [-0.1, -0.05) is 11.6 Å². The summed E-state index contributed by atoms with van der Waals surface area (Å²) in [6.07, 6.45) is 0.354. The average Bonchev–Trinajstić information content (AvgIpc) is 2.35. The molecule has 17 heavy (non-hydrogen) atoms. The molecule has 0 amide bonds. The number of aliphatic hydroxyl groups excluding tert-OH is 2. The molecule has 0 bridgehead atoms. The highest BCUT2D eigenvalue weighted by Crippen LogP contribution is 2.35. The van der Waals surface area contributed by atoms with E-state index in [1.165, 1.54) is 0 Å². The lowest BCUT2D eigenvalue weighted by Gasteiger charge is -2.20. The lowest BCUT2D eigenvalue weighted by atomic mass is 10.1. The molecule has 94 valence electrons. The molecule has 0 aromatic heterocycles. The monoisotopic (exact) mass is 258 g/mol. The second kappa shape index (κ2) is 5.58. The van der Waals surface area contributed by atoms with Crippen LogP contribution in [0.2, 0.25) is 5.02 Å². The summed E-state index contributed by atoms with van der Waals surface area (Å²) in [6.45, 7) is 0.835. The van der Waals surface area contributed by atoms with Gasteiger partial charge >= 0.3 is 0 Å². The Labute approximate surface area is 105 Å². The topological polar surface area (TPSA) is 58.9 Å². The minimum Gasteiger partial charge on any atom is -0.486 e. The number of hydrogen-bond donors (Lipinski definition) is 2. The third-order valence-corrected chi connectivity index (χ3v) is 3.02. The molecule has 2 rings (SSSR count). The largest absolute Gasteiger partial charge is 0.486 e. The summed E-state index contributed by atoms with van der Waals surface area (Å²) in [6, 6.07) is 3.57. The van der Waals surface area contributed by atoms with E-state index in [0.29, 0.717) is 42.6 Å². The van der Waals surface area contributed by atoms with Gasteiger partial charge in [0.2, 0.25) is 0 Å². The minimum absolute atomic E-state index is 0.234. The third kappa shape index (κ3) is 3.03. The standard InChI is InChI=1S/C12H15ClO4/c13-10-6-12-11(16-3-4-17-12)5-8(10)1-2-9(15)7-14/h5-6,9,14-15H,1-4,7H2. The van der Waals surface area contributed by atoms with Gasteiger partial charge < -0.3 is 19.7 Å². The van der Waals surface area contributed by atoms with Crippen LogP contribution >= 0.6 is 11.6 Å². The van der Waals surface area contributed by atoms with Crippen LogP contribution in [-0.4, -0.2) is 36.1 Å². The van der Waals surface area contributed by atoms with Crippen molar-refractivity contribution in [3.63, 3.8) is 0 Å². The molecule has 5 heteroatoms. The Kier molecular flexibility index (Phi) is 4.10. The van der Waals surface area contributed by atoms with Crippen LogP contribution in [-0.2, 0) is 6.42 Å². The Balaban J connectivity index is 2.11. The Morgan fingerprint density at radius 2 is 1.88 bits per heavy atom. The van der Waals surface area contributed by atoms with Crippen molar-refractivity contribution in [1.29, 1.82) is 0 Å². The second-order valence-corrected chi connectivity index (χ2v) is 4.37. The van der Waals surface area contributed by atoms with Gasteiger partial charge in [0.05, 0.1) is 12.7 Å². The van der Waals surface area contributed by atoms with Crippen LogP contribution in [0.15, 0.2) is 12.1 Å². The molecule has 0 saturated heterocycles. The second-order valence-electron chi connectivity index (χ2n) is 3.96. The van der Waals surface area contributed by atoms with Gasteiger partial charge in [0.1, 0.15) is 13.2 Å². The van der Waals surface area contributed by atoms with E-state index in [0.717, 1.165) is 5.56 Å². The maximum atomic E-state index is 9.30. The number of benzene rings is 1. The first-order valence-corrected chi connectivity index (χ1v) is 5.95. The van der Waals surface area contributed by atoms with Gasteiger partial charge in [0.15, 0.2) is 11.5 Å². The summed E-state index contributed by atoms with van der Waals surface area (Å²) >= 11 is 6.11. The number of halogens is 1. The molecule has 1 heterocycles. The maximum absolute atomic E-state index is 9.30. The number of ether oxygens (including phenoxy) is 2. The SMILES string of the molecule is OCC(O)CCc1cc2c(cc1Cl)OCCO2. The summed E-state index contributed by atoms with van der Waals surface area (Å²) in [7, 11) is 0. The van der Waals surface area contributed by atoms with E-state index < -0.39 is 6.10 Å². The van der Waals surface area contributed by atoms with Crippen LogP contribution in [0.1, 0.15) is 12.0 Å². The Hall–Kier alpha value is -0.970. The molecular formula is C12H15ClO4. The first-order chi connectivity index (χ1) is 8.20. The molecule has 1 atom stereocenters. The quantitative estimate of drug-likeness (QED) is 0.857. The van der Waals surface area contributed by atoms with E-state index in [1.54, 1.807) is 6.07 Å². The van der Waals surface area contributed by atoms with E-state index in [4.69, 9.17) is 26.2 Å². The fourth-order valence-electron chi connectivity index (χ4n) is 1.71. The summed E-state index contributed by atoms with van der Waals surface area (Å²) < 4.78 is 10.9. The van der Waals surface area contributed by atoms with Gasteiger partial charge in [-0.25, -0.2) is 0 Å². The van der Waals surface area contributed by atoms with Crippen LogP contribution in [0.4, 0.5) is 0 Å². The number of hydrogen-bond acceptors (Lipinski definition) is 4. The highest BCUT2D eigenvalue weighted by Gasteiger charge is 2.15. The van der Waals surface area contributed by atoms with Gasteiger partial charge in [-0.3, -0.25) is 0 Å². The number of rotatable bonds is 4. The Morgan fingerprint density at radius 1 is 1.24 bits per heavy atom. The molecule has 1 aliphatic heterocycles. The molecule has 0 radical (unpaired) electrons. The summed E-state index contributed by atoms with van der Waals surface area (Å²) in [5.74, 6) is 1.35. The van der Waals surface area contributed by atoms with Crippen molar-refractivity contribution in [2.75, 3.05) is 19.8 Å². The normalized spacial score (nSPS) is 15.7. The van der Waals surface area contributed by atoms with E-state index in [1.807, 2.05) is 6.07 Å². The van der Waals surface area contributed by atoms with Crippen molar-refractivity contribution >= 4 is 11.6 Å². The fourth-order valence-corrected chi connectivity index (χ4v) is 1.96. The first-order valence-electron chi connectivity index (χ1n) is 5.57. The molecule has 4 nitrogen and oxygen atoms in total. The molecule has 0 saturated carbocycles. The Morgan fingerprint density at radius 3 is 2.53 bits per heavy atom. The van der Waals surface area contributed by atoms with Crippen molar-refractivity contribution < 1.29 is 19.7 Å². The van der Waals surface area contributed by atoms with E-state index in [9.17, 15) is 5.11 Å². The van der Waals surface area contributed by atoms with Crippen LogP contribution in [0.3, 0.4) is 0 Å². The summed E-state index contributed by atoms with van der Waals surface area (Å²) in [5, 5.41) is 18.6. The van der Waals surface area contributed by atoms with Gasteiger partial charge in [-0.05, 0) is 24.5 Å². The molecule has 2 N–H and O–H groups in total. The smallest absolute Gasteiger partial charge is 0.162 e. The van der Waals surface area contributed by atoms with Crippen molar-refractivity contribution in [3.05, 3.63) is 22.7 Å². The molecule has 0 spiro atoms. The van der Waals surface area contributed by atoms with Crippen molar-refractivity contribution in [2.24, 2.45) is 0 Å². The highest BCUT2D eigenvalue weighted by atomic mass is 35.5. The lowest BCUT2D eigenvalue weighted by molar-refractivity contribution is 0.0885. The van der Waals surface area contributed by atoms with Crippen LogP contribution in [0, 0.1) is 0 Å². The number of aliphatic hydroxyl groups is 2. The molecule has 1 aromatic carbocycles. The zero-order valence-corrected chi connectivity index (χ0v) is 10.1. The predicted octanol–water partition coefficient (Wildman–Crippen LogP) is 1.40. The fraction of sp³-hybridized carbons (Fsp3) is 0.500. The Bertz CT molecular complexity index is 394. The highest BCUT2D eigenvalue weighted by molar-refractivity contribution is 6.31. The van der Waals surface area contributed by atoms with Gasteiger partial charge in [-0.15, -0.1) is 0 Å². The van der Waals surface area contributed by atoms with Gasteiger partial charge in [0, 0.05) is 11.1 Å². The first kappa shape index (κ1) is 12.5. The number of fused-ring (bicyclic) bond motifs is 1. The molecule has 0 aliphatic carbocycles. The average molecular weight is 259 g/mol. The minimum atomic E-state index is -0.709. The van der Waals surface area contributed by atoms with Crippen LogP contribution in [0.5, 0.6) is 11.5 Å². The maximum Gasteiger partial charge on any atom is 0.162 e. The van der Waals surface area contributed by atoms with E-state index in [-0.39, 0.29) is 6.61 Å². The molecule has 1 aromatic rings. The summed E-state index contributed by atoms with van der Waals surface area (Å²) in [4.78, 5) is 0. The lowest BCUT2D eigenvalue weighted by Crippen LogP contribution is -2.16. The van der Waals surface area contributed by atoms with Crippen LogP contribution < -0.4 is 9.47 Å². The summed E-state index contributed by atoms with van der Waals surface area (Å²) in [5.41, 5.74) is 0.892. The van der Waals surface area contributed by atoms with E-state index in [2.05, 4.69) is 0 Å². The van der Waals surface area contributed by atoms with Gasteiger partial charge in [-0.2, -0.15) is 0 Å². The van der Waals surface area contributed by atoms with Gasteiger partial charge in [0.25, 0.3) is 0 Å². The third-order valence-electron chi connectivity index (χ3n) is 2.67. The van der Waals surface area contributed by atoms with Crippen molar-refractivity contribution in [3.8, 4) is 11.5 Å². The molecule has 1 unspecified atom stereocenters. The van der Waals surface area contributed by atoms with Crippen molar-refractivity contribution in [2.45, 2.75) is 18.9 Å². The molecular weight excluding hydrogens is 244 g/mol. The van der Waals surface area contributed by atoms with Crippen molar-refractivity contribution in [1.82, 2.24) is 0 Å². The number of aryl methyl sites for hydroxylation is 1. The zero-order chi connectivity index (χ0) is 12.3.